The Labute approximate surface area is 184 Å². The molecule has 1 aromatic carbocycles. The van der Waals surface area contributed by atoms with Crippen LogP contribution in [-0.2, 0) is 11.3 Å². The molecule has 4 rings (SSSR count). The number of nitrogens with one attached hydrogen (secondary N) is 1. The zero-order valence-electron chi connectivity index (χ0n) is 16.7. The number of nitrogens with zero attached hydrogens (tertiary/aromatic N) is 3. The second-order valence-electron chi connectivity index (χ2n) is 7.50. The van der Waals surface area contributed by atoms with E-state index in [4.69, 9.17) is 21.1 Å². The molecular weight excluding hydrogens is 420 g/mol. The Morgan fingerprint density at radius 2 is 2.16 bits per heavy atom. The summed E-state index contributed by atoms with van der Waals surface area (Å²) in [7, 11) is 0. The minimum atomic E-state index is -0.367. The van der Waals surface area contributed by atoms with Gasteiger partial charge in [0.2, 0.25) is 0 Å². The highest BCUT2D eigenvalue weighted by atomic mass is 35.5. The van der Waals surface area contributed by atoms with Crippen LogP contribution in [0.15, 0.2) is 36.5 Å². The molecule has 8 nitrogen and oxygen atoms in total. The SMILES string of the molecule is N#Cc1cnc(C(=O)NCc2ccc(Cl)cc2)cc1O[C@H]1CCN2C(=O)OCC[C@@H]2C1. The van der Waals surface area contributed by atoms with Crippen molar-refractivity contribution in [1.29, 1.82) is 5.26 Å². The zero-order valence-corrected chi connectivity index (χ0v) is 17.5. The number of rotatable bonds is 5. The number of cyclic esters (lactones) is 1. The van der Waals surface area contributed by atoms with Gasteiger partial charge in [0.05, 0.1) is 6.61 Å². The van der Waals surface area contributed by atoms with Crippen LogP contribution in [0.2, 0.25) is 5.02 Å². The van der Waals surface area contributed by atoms with Crippen molar-refractivity contribution in [2.24, 2.45) is 0 Å². The summed E-state index contributed by atoms with van der Waals surface area (Å²) in [4.78, 5) is 30.2. The predicted molar refractivity (Wildman–Crippen MR) is 112 cm³/mol. The summed E-state index contributed by atoms with van der Waals surface area (Å²) in [5.41, 5.74) is 1.34. The standard InChI is InChI=1S/C22H21ClN4O4/c23-16-3-1-14(2-4-16)12-26-21(28)19-10-20(15(11-24)13-25-19)31-18-5-7-27-17(9-18)6-8-30-22(27)29/h1-4,10,13,17-18H,5-9,12H2,(H,26,28)/t17-,18+/m1/s1. The molecule has 1 aromatic heterocycles. The van der Waals surface area contributed by atoms with Crippen molar-refractivity contribution in [3.05, 3.63) is 58.4 Å². The van der Waals surface area contributed by atoms with Crippen LogP contribution in [0.5, 0.6) is 5.75 Å². The minimum Gasteiger partial charge on any atom is -0.489 e. The minimum absolute atomic E-state index is 0.0644. The summed E-state index contributed by atoms with van der Waals surface area (Å²) >= 11 is 5.88. The molecule has 0 unspecified atom stereocenters. The van der Waals surface area contributed by atoms with Gasteiger partial charge in [-0.1, -0.05) is 23.7 Å². The van der Waals surface area contributed by atoms with Crippen LogP contribution in [0.3, 0.4) is 0 Å². The van der Waals surface area contributed by atoms with Gasteiger partial charge in [-0.25, -0.2) is 9.78 Å². The Hall–Kier alpha value is -3.31. The highest BCUT2D eigenvalue weighted by Crippen LogP contribution is 2.29. The molecular formula is C22H21ClN4O4. The number of fused-ring (bicyclic) bond motifs is 1. The number of carbonyl (C=O) groups excluding carboxylic acids is 2. The van der Waals surface area contributed by atoms with Crippen LogP contribution in [-0.4, -0.2) is 47.2 Å². The van der Waals surface area contributed by atoms with Crippen LogP contribution >= 0.6 is 11.6 Å². The van der Waals surface area contributed by atoms with Crippen LogP contribution < -0.4 is 10.1 Å². The van der Waals surface area contributed by atoms with Crippen LogP contribution in [0.25, 0.3) is 0 Å². The number of ether oxygens (including phenoxy) is 2. The average molecular weight is 441 g/mol. The summed E-state index contributed by atoms with van der Waals surface area (Å²) < 4.78 is 11.2. The number of aromatic nitrogens is 1. The molecule has 2 saturated heterocycles. The van der Waals surface area contributed by atoms with Gasteiger partial charge in [0.1, 0.15) is 29.2 Å². The third-order valence-corrected chi connectivity index (χ3v) is 5.71. The summed E-state index contributed by atoms with van der Waals surface area (Å²) in [6.45, 7) is 1.27. The predicted octanol–water partition coefficient (Wildman–Crippen LogP) is 3.29. The molecule has 3 heterocycles. The second-order valence-corrected chi connectivity index (χ2v) is 7.94. The van der Waals surface area contributed by atoms with Gasteiger partial charge in [-0.3, -0.25) is 4.79 Å². The molecule has 0 bridgehead atoms. The highest BCUT2D eigenvalue weighted by Gasteiger charge is 2.36. The number of amides is 2. The Morgan fingerprint density at radius 3 is 2.94 bits per heavy atom. The van der Waals surface area contributed by atoms with Gasteiger partial charge in [-0.15, -0.1) is 0 Å². The molecule has 160 valence electrons. The van der Waals surface area contributed by atoms with Gasteiger partial charge >= 0.3 is 6.09 Å². The lowest BCUT2D eigenvalue weighted by atomic mass is 9.96. The Morgan fingerprint density at radius 1 is 1.35 bits per heavy atom. The molecule has 1 N–H and O–H groups in total. The van der Waals surface area contributed by atoms with Crippen LogP contribution in [0.1, 0.15) is 40.9 Å². The van der Waals surface area contributed by atoms with E-state index in [9.17, 15) is 14.9 Å². The quantitative estimate of drug-likeness (QED) is 0.764. The maximum Gasteiger partial charge on any atom is 0.410 e. The molecule has 2 fully saturated rings. The Balaban J connectivity index is 1.42. The van der Waals surface area contributed by atoms with Gasteiger partial charge < -0.3 is 19.7 Å². The van der Waals surface area contributed by atoms with Crippen molar-refractivity contribution in [1.82, 2.24) is 15.2 Å². The maximum atomic E-state index is 12.6. The van der Waals surface area contributed by atoms with Crippen molar-refractivity contribution in [3.63, 3.8) is 0 Å². The molecule has 2 atom stereocenters. The normalized spacial score (nSPS) is 20.3. The summed E-state index contributed by atoms with van der Waals surface area (Å²) in [5.74, 6) is -0.0416. The van der Waals surface area contributed by atoms with E-state index in [1.54, 1.807) is 17.0 Å². The molecule has 2 aliphatic heterocycles. The first-order valence-electron chi connectivity index (χ1n) is 10.1. The zero-order chi connectivity index (χ0) is 21.8. The smallest absolute Gasteiger partial charge is 0.410 e. The van der Waals surface area contributed by atoms with Gasteiger partial charge in [-0.2, -0.15) is 5.26 Å². The molecule has 0 radical (unpaired) electrons. The van der Waals surface area contributed by atoms with Gasteiger partial charge in [0, 0.05) is 55.7 Å². The number of hydrogen-bond acceptors (Lipinski definition) is 6. The first-order chi connectivity index (χ1) is 15.0. The fourth-order valence-corrected chi connectivity index (χ4v) is 3.92. The fourth-order valence-electron chi connectivity index (χ4n) is 3.80. The first-order valence-corrected chi connectivity index (χ1v) is 10.4. The van der Waals surface area contributed by atoms with E-state index >= 15 is 0 Å². The van der Waals surface area contributed by atoms with Crippen molar-refractivity contribution in [2.45, 2.75) is 38.0 Å². The molecule has 9 heteroatoms. The van der Waals surface area contributed by atoms with E-state index in [0.717, 1.165) is 12.0 Å². The first kappa shape index (κ1) is 20.9. The van der Waals surface area contributed by atoms with Crippen molar-refractivity contribution < 1.29 is 19.1 Å². The summed E-state index contributed by atoms with van der Waals surface area (Å²) in [6.07, 6.45) is 2.94. The number of nitriles is 1. The molecule has 0 spiro atoms. The molecule has 31 heavy (non-hydrogen) atoms. The van der Waals surface area contributed by atoms with Gasteiger partial charge in [-0.05, 0) is 17.7 Å². The largest absolute Gasteiger partial charge is 0.489 e. The molecule has 2 aromatic rings. The van der Waals surface area contributed by atoms with Crippen molar-refractivity contribution in [2.75, 3.05) is 13.2 Å². The number of hydrogen-bond donors (Lipinski definition) is 1. The molecule has 0 aliphatic carbocycles. The van der Waals surface area contributed by atoms with E-state index in [0.29, 0.717) is 43.3 Å². The van der Waals surface area contributed by atoms with Crippen molar-refractivity contribution in [3.8, 4) is 11.8 Å². The Kier molecular flexibility index (Phi) is 6.23. The second kappa shape index (κ2) is 9.23. The van der Waals surface area contributed by atoms with E-state index in [1.807, 2.05) is 12.1 Å². The van der Waals surface area contributed by atoms with E-state index in [2.05, 4.69) is 16.4 Å². The summed E-state index contributed by atoms with van der Waals surface area (Å²) in [6, 6.07) is 10.8. The van der Waals surface area contributed by atoms with E-state index < -0.39 is 0 Å². The number of carbonyl (C=O) groups is 2. The average Bonchev–Trinajstić information content (AvgIpc) is 2.78. The fraction of sp³-hybridized carbons (Fsp3) is 0.364. The van der Waals surface area contributed by atoms with Gasteiger partial charge in [0.15, 0.2) is 0 Å². The monoisotopic (exact) mass is 440 g/mol. The molecule has 0 saturated carbocycles. The van der Waals surface area contributed by atoms with Crippen molar-refractivity contribution >= 4 is 23.6 Å². The topological polar surface area (TPSA) is 105 Å². The van der Waals surface area contributed by atoms with E-state index in [-0.39, 0.29) is 35.4 Å². The lowest BCUT2D eigenvalue weighted by Crippen LogP contribution is -2.52. The lowest BCUT2D eigenvalue weighted by Gasteiger charge is -2.41. The third kappa shape index (κ3) is 4.89. The number of piperidine rings is 1. The third-order valence-electron chi connectivity index (χ3n) is 5.46. The highest BCUT2D eigenvalue weighted by molar-refractivity contribution is 6.30. The number of pyridine rings is 1. The molecule has 2 aliphatic rings. The number of halogens is 1. The summed E-state index contributed by atoms with van der Waals surface area (Å²) in [5, 5.41) is 12.9. The molecule has 2 amide bonds. The van der Waals surface area contributed by atoms with Gasteiger partial charge in [0.25, 0.3) is 5.91 Å². The maximum absolute atomic E-state index is 12.6. The van der Waals surface area contributed by atoms with Crippen LogP contribution in [0.4, 0.5) is 4.79 Å². The van der Waals surface area contributed by atoms with Crippen LogP contribution in [0, 0.1) is 11.3 Å². The lowest BCUT2D eigenvalue weighted by molar-refractivity contribution is 0.000827. The number of benzene rings is 1. The van der Waals surface area contributed by atoms with E-state index in [1.165, 1.54) is 12.3 Å². The Bertz CT molecular complexity index is 1020.